The summed E-state index contributed by atoms with van der Waals surface area (Å²) in [4.78, 5) is 8.49. The molecule has 0 atom stereocenters. The van der Waals surface area contributed by atoms with Crippen molar-refractivity contribution >= 4 is 5.57 Å². The molecule has 0 fully saturated rings. The van der Waals surface area contributed by atoms with Crippen molar-refractivity contribution in [3.05, 3.63) is 79.7 Å². The quantitative estimate of drug-likeness (QED) is 0.750. The lowest BCUT2D eigenvalue weighted by Crippen LogP contribution is -1.88. The fourth-order valence-corrected chi connectivity index (χ4v) is 1.70. The van der Waals surface area contributed by atoms with Crippen molar-refractivity contribution in [2.24, 2.45) is 0 Å². The van der Waals surface area contributed by atoms with E-state index in [1.807, 2.05) is 36.4 Å². The highest BCUT2D eigenvalue weighted by molar-refractivity contribution is 5.77. The van der Waals surface area contributed by atoms with Gasteiger partial charge in [0.2, 0.25) is 0 Å². The number of rotatable bonds is 4. The standard InChI is InChI=1S/C16H14N2/c1-3-7-13(4-2)14-8-5-9-15(12-14)16-17-10-6-11-18-16/h3-12H,1-2H2/b13-7+. The first-order valence-corrected chi connectivity index (χ1v) is 5.68. The molecule has 0 saturated heterocycles. The molecule has 1 heterocycles. The summed E-state index contributed by atoms with van der Waals surface area (Å²) in [6.45, 7) is 7.52. The van der Waals surface area contributed by atoms with Crippen LogP contribution in [0, 0.1) is 0 Å². The number of hydrogen-bond acceptors (Lipinski definition) is 2. The Morgan fingerprint density at radius 3 is 2.50 bits per heavy atom. The van der Waals surface area contributed by atoms with Crippen LogP contribution in [0.25, 0.3) is 17.0 Å². The molecule has 0 aliphatic carbocycles. The molecule has 1 aromatic carbocycles. The zero-order valence-corrected chi connectivity index (χ0v) is 10.1. The summed E-state index contributed by atoms with van der Waals surface area (Å²) in [5.74, 6) is 0.723. The molecule has 2 rings (SSSR count). The highest BCUT2D eigenvalue weighted by Crippen LogP contribution is 2.21. The Labute approximate surface area is 107 Å². The van der Waals surface area contributed by atoms with Crippen molar-refractivity contribution < 1.29 is 0 Å². The van der Waals surface area contributed by atoms with Crippen LogP contribution >= 0.6 is 0 Å². The highest BCUT2D eigenvalue weighted by Gasteiger charge is 2.02. The Balaban J connectivity index is 2.45. The lowest BCUT2D eigenvalue weighted by molar-refractivity contribution is 1.18. The maximum Gasteiger partial charge on any atom is 0.159 e. The van der Waals surface area contributed by atoms with Gasteiger partial charge < -0.3 is 0 Å². The van der Waals surface area contributed by atoms with E-state index in [-0.39, 0.29) is 0 Å². The average Bonchev–Trinajstić information content (AvgIpc) is 2.46. The van der Waals surface area contributed by atoms with Gasteiger partial charge in [0.05, 0.1) is 0 Å². The first-order chi connectivity index (χ1) is 8.85. The summed E-state index contributed by atoms with van der Waals surface area (Å²) in [7, 11) is 0. The Morgan fingerprint density at radius 1 is 1.06 bits per heavy atom. The lowest BCUT2D eigenvalue weighted by atomic mass is 10.0. The SMILES string of the molecule is C=C/C=C(\C=C)c1cccc(-c2ncccn2)c1. The van der Waals surface area contributed by atoms with Gasteiger partial charge in [0.15, 0.2) is 5.82 Å². The van der Waals surface area contributed by atoms with Crippen LogP contribution in [0.3, 0.4) is 0 Å². The molecule has 0 unspecified atom stereocenters. The van der Waals surface area contributed by atoms with E-state index in [9.17, 15) is 0 Å². The summed E-state index contributed by atoms with van der Waals surface area (Å²) in [6.07, 6.45) is 8.97. The van der Waals surface area contributed by atoms with Crippen LogP contribution in [0.2, 0.25) is 0 Å². The zero-order valence-electron chi connectivity index (χ0n) is 10.1. The fraction of sp³-hybridized carbons (Fsp3) is 0. The first kappa shape index (κ1) is 12.0. The number of benzene rings is 1. The van der Waals surface area contributed by atoms with Crippen LogP contribution < -0.4 is 0 Å². The van der Waals surface area contributed by atoms with Crippen LogP contribution in [0.5, 0.6) is 0 Å². The van der Waals surface area contributed by atoms with Crippen LogP contribution in [-0.4, -0.2) is 9.97 Å². The minimum Gasteiger partial charge on any atom is -0.237 e. The van der Waals surface area contributed by atoms with Crippen molar-refractivity contribution in [1.82, 2.24) is 9.97 Å². The predicted molar refractivity (Wildman–Crippen MR) is 75.8 cm³/mol. The average molecular weight is 234 g/mol. The summed E-state index contributed by atoms with van der Waals surface area (Å²) in [6, 6.07) is 9.87. The van der Waals surface area contributed by atoms with E-state index >= 15 is 0 Å². The molecule has 2 aromatic rings. The summed E-state index contributed by atoms with van der Waals surface area (Å²) in [5, 5.41) is 0. The third kappa shape index (κ3) is 2.61. The highest BCUT2D eigenvalue weighted by atomic mass is 14.8. The minimum absolute atomic E-state index is 0.723. The van der Waals surface area contributed by atoms with Crippen molar-refractivity contribution in [1.29, 1.82) is 0 Å². The summed E-state index contributed by atoms with van der Waals surface area (Å²) in [5.41, 5.74) is 3.10. The first-order valence-electron chi connectivity index (χ1n) is 5.68. The molecular weight excluding hydrogens is 220 g/mol. The van der Waals surface area contributed by atoms with Crippen molar-refractivity contribution in [2.75, 3.05) is 0 Å². The zero-order chi connectivity index (χ0) is 12.8. The molecular formula is C16H14N2. The Bertz CT molecular complexity index is 583. The van der Waals surface area contributed by atoms with Gasteiger partial charge in [-0.25, -0.2) is 9.97 Å². The molecule has 18 heavy (non-hydrogen) atoms. The molecule has 88 valence electrons. The number of nitrogens with zero attached hydrogens (tertiary/aromatic N) is 2. The maximum atomic E-state index is 4.24. The van der Waals surface area contributed by atoms with Gasteiger partial charge in [-0.2, -0.15) is 0 Å². The molecule has 0 N–H and O–H groups in total. The van der Waals surface area contributed by atoms with E-state index in [0.29, 0.717) is 0 Å². The van der Waals surface area contributed by atoms with Crippen molar-refractivity contribution in [3.8, 4) is 11.4 Å². The maximum absolute atomic E-state index is 4.24. The van der Waals surface area contributed by atoms with Gasteiger partial charge in [0.1, 0.15) is 0 Å². The molecule has 0 spiro atoms. The van der Waals surface area contributed by atoms with Gasteiger partial charge in [-0.3, -0.25) is 0 Å². The third-order valence-corrected chi connectivity index (χ3v) is 2.54. The molecule has 2 heteroatoms. The van der Waals surface area contributed by atoms with E-state index in [4.69, 9.17) is 0 Å². The van der Waals surface area contributed by atoms with Gasteiger partial charge in [0, 0.05) is 18.0 Å². The van der Waals surface area contributed by atoms with E-state index in [0.717, 1.165) is 22.5 Å². The van der Waals surface area contributed by atoms with Gasteiger partial charge in [-0.15, -0.1) is 0 Å². The van der Waals surface area contributed by atoms with E-state index < -0.39 is 0 Å². The van der Waals surface area contributed by atoms with E-state index in [1.54, 1.807) is 24.5 Å². The monoisotopic (exact) mass is 234 g/mol. The normalized spacial score (nSPS) is 11.0. The van der Waals surface area contributed by atoms with Crippen LogP contribution in [-0.2, 0) is 0 Å². The largest absolute Gasteiger partial charge is 0.237 e. The topological polar surface area (TPSA) is 25.8 Å². The second kappa shape index (κ2) is 5.73. The lowest BCUT2D eigenvalue weighted by Gasteiger charge is -2.04. The molecule has 0 radical (unpaired) electrons. The molecule has 0 bridgehead atoms. The van der Waals surface area contributed by atoms with E-state index in [2.05, 4.69) is 23.1 Å². The summed E-state index contributed by atoms with van der Waals surface area (Å²) >= 11 is 0. The molecule has 0 aliphatic heterocycles. The Morgan fingerprint density at radius 2 is 1.83 bits per heavy atom. The molecule has 2 nitrogen and oxygen atoms in total. The molecule has 0 aliphatic rings. The Hall–Kier alpha value is -2.48. The number of aromatic nitrogens is 2. The van der Waals surface area contributed by atoms with Crippen LogP contribution in [0.15, 0.2) is 74.1 Å². The second-order valence-corrected chi connectivity index (χ2v) is 3.72. The summed E-state index contributed by atoms with van der Waals surface area (Å²) < 4.78 is 0. The van der Waals surface area contributed by atoms with Gasteiger partial charge in [-0.1, -0.05) is 49.6 Å². The van der Waals surface area contributed by atoms with Gasteiger partial charge in [0.25, 0.3) is 0 Å². The van der Waals surface area contributed by atoms with Gasteiger partial charge >= 0.3 is 0 Å². The predicted octanol–water partition coefficient (Wildman–Crippen LogP) is 3.90. The Kier molecular flexibility index (Phi) is 3.82. The molecule has 0 amide bonds. The third-order valence-electron chi connectivity index (χ3n) is 2.54. The number of allylic oxidation sites excluding steroid dienone is 4. The van der Waals surface area contributed by atoms with E-state index in [1.165, 1.54) is 0 Å². The molecule has 1 aromatic heterocycles. The number of hydrogen-bond donors (Lipinski definition) is 0. The van der Waals surface area contributed by atoms with Crippen LogP contribution in [0.1, 0.15) is 5.56 Å². The van der Waals surface area contributed by atoms with Crippen LogP contribution in [0.4, 0.5) is 0 Å². The van der Waals surface area contributed by atoms with Crippen molar-refractivity contribution in [3.63, 3.8) is 0 Å². The van der Waals surface area contributed by atoms with Crippen molar-refractivity contribution in [2.45, 2.75) is 0 Å². The van der Waals surface area contributed by atoms with Gasteiger partial charge in [-0.05, 0) is 23.3 Å². The molecule has 0 saturated carbocycles. The minimum atomic E-state index is 0.723. The fourth-order valence-electron chi connectivity index (χ4n) is 1.70. The second-order valence-electron chi connectivity index (χ2n) is 3.72. The smallest absolute Gasteiger partial charge is 0.159 e.